The van der Waals surface area contributed by atoms with E-state index < -0.39 is 5.54 Å². The average molecular weight is 330 g/mol. The Morgan fingerprint density at radius 3 is 2.67 bits per heavy atom. The Bertz CT molecular complexity index is 563. The summed E-state index contributed by atoms with van der Waals surface area (Å²) < 4.78 is 0. The molecule has 1 aromatic heterocycles. The number of oxime groups is 1. The van der Waals surface area contributed by atoms with E-state index in [0.717, 1.165) is 18.4 Å². The van der Waals surface area contributed by atoms with Crippen LogP contribution in [0.5, 0.6) is 0 Å². The van der Waals surface area contributed by atoms with Gasteiger partial charge in [-0.05, 0) is 49.5 Å². The van der Waals surface area contributed by atoms with Gasteiger partial charge in [0.2, 0.25) is 0 Å². The van der Waals surface area contributed by atoms with Crippen molar-refractivity contribution >= 4 is 34.7 Å². The van der Waals surface area contributed by atoms with Crippen molar-refractivity contribution in [1.29, 1.82) is 0 Å². The number of halogens is 1. The van der Waals surface area contributed by atoms with Gasteiger partial charge in [0.1, 0.15) is 10.4 Å². The monoisotopic (exact) mass is 329 g/mol. The Hall–Kier alpha value is -1.27. The minimum Gasteiger partial charge on any atom is -0.409 e. The summed E-state index contributed by atoms with van der Waals surface area (Å²) in [5.41, 5.74) is 5.95. The summed E-state index contributed by atoms with van der Waals surface area (Å²) >= 11 is 7.45. The molecule has 1 heterocycles. The van der Waals surface area contributed by atoms with Gasteiger partial charge in [-0.3, -0.25) is 4.79 Å². The molecule has 1 aromatic rings. The zero-order chi connectivity index (χ0) is 15.6. The first-order valence-electron chi connectivity index (χ1n) is 6.93. The van der Waals surface area contributed by atoms with Crippen LogP contribution in [0.25, 0.3) is 0 Å². The summed E-state index contributed by atoms with van der Waals surface area (Å²) in [5, 5.41) is 17.4. The fourth-order valence-corrected chi connectivity index (χ4v) is 3.83. The van der Waals surface area contributed by atoms with Crippen molar-refractivity contribution in [2.24, 2.45) is 16.8 Å². The summed E-state index contributed by atoms with van der Waals surface area (Å²) in [5.74, 6) is 0.375. The standard InChI is InChI=1S/C14H20ClN3O2S/c1-8-3-5-14(6-4-8,13(16)18-20)17-12(19)11-10(15)9(2)7-21-11/h7-8,20H,3-6H2,1-2H3,(H2,16,18)(H,17,19). The number of hydrogen-bond acceptors (Lipinski definition) is 4. The SMILES string of the molecule is Cc1csc(C(=O)NC2(/C(N)=N/O)CCC(C)CC2)c1Cl. The highest BCUT2D eigenvalue weighted by molar-refractivity contribution is 7.13. The fraction of sp³-hybridized carbons (Fsp3) is 0.571. The smallest absolute Gasteiger partial charge is 0.263 e. The van der Waals surface area contributed by atoms with Crippen LogP contribution in [0.2, 0.25) is 5.02 Å². The third-order valence-electron chi connectivity index (χ3n) is 4.18. The van der Waals surface area contributed by atoms with Crippen LogP contribution in [0.4, 0.5) is 0 Å². The molecule has 1 aliphatic rings. The van der Waals surface area contributed by atoms with Crippen LogP contribution < -0.4 is 11.1 Å². The molecule has 5 nitrogen and oxygen atoms in total. The number of carbonyl (C=O) groups is 1. The molecule has 0 aliphatic heterocycles. The molecule has 2 rings (SSSR count). The summed E-state index contributed by atoms with van der Waals surface area (Å²) in [6, 6.07) is 0. The van der Waals surface area contributed by atoms with Crippen molar-refractivity contribution in [3.63, 3.8) is 0 Å². The summed E-state index contributed by atoms with van der Waals surface area (Å²) in [4.78, 5) is 12.9. The Labute approximate surface area is 133 Å². The molecule has 1 aliphatic carbocycles. The lowest BCUT2D eigenvalue weighted by atomic mass is 9.76. The van der Waals surface area contributed by atoms with Crippen LogP contribution in [0, 0.1) is 12.8 Å². The highest BCUT2D eigenvalue weighted by Gasteiger charge is 2.40. The fourth-order valence-electron chi connectivity index (χ4n) is 2.65. The highest BCUT2D eigenvalue weighted by Crippen LogP contribution is 2.34. The third kappa shape index (κ3) is 3.16. The lowest BCUT2D eigenvalue weighted by molar-refractivity contribution is 0.0902. The molecular formula is C14H20ClN3O2S. The number of thiophene rings is 1. The Kier molecular flexibility index (Phi) is 4.78. The largest absolute Gasteiger partial charge is 0.409 e. The van der Waals surface area contributed by atoms with Crippen molar-refractivity contribution in [3.05, 3.63) is 20.8 Å². The van der Waals surface area contributed by atoms with Crippen LogP contribution >= 0.6 is 22.9 Å². The summed E-state index contributed by atoms with van der Waals surface area (Å²) in [6.45, 7) is 4.02. The number of nitrogens with zero attached hydrogens (tertiary/aromatic N) is 1. The maximum atomic E-state index is 12.5. The van der Waals surface area contributed by atoms with Gasteiger partial charge in [-0.1, -0.05) is 23.7 Å². The van der Waals surface area contributed by atoms with Crippen molar-refractivity contribution < 1.29 is 10.0 Å². The van der Waals surface area contributed by atoms with Crippen molar-refractivity contribution in [2.45, 2.75) is 45.1 Å². The van der Waals surface area contributed by atoms with Crippen LogP contribution in [-0.2, 0) is 0 Å². The Morgan fingerprint density at radius 1 is 1.57 bits per heavy atom. The maximum absolute atomic E-state index is 12.5. The molecule has 0 atom stereocenters. The predicted molar refractivity (Wildman–Crippen MR) is 85.3 cm³/mol. The van der Waals surface area contributed by atoms with E-state index in [1.807, 2.05) is 12.3 Å². The number of hydrogen-bond donors (Lipinski definition) is 3. The lowest BCUT2D eigenvalue weighted by Gasteiger charge is -2.38. The number of rotatable bonds is 3. The number of carbonyl (C=O) groups excluding carboxylic acids is 1. The van der Waals surface area contributed by atoms with Crippen LogP contribution in [-0.4, -0.2) is 22.5 Å². The summed E-state index contributed by atoms with van der Waals surface area (Å²) in [7, 11) is 0. The van der Waals surface area contributed by atoms with Gasteiger partial charge in [-0.25, -0.2) is 0 Å². The minimum atomic E-state index is -0.778. The first-order chi connectivity index (χ1) is 9.89. The van der Waals surface area contributed by atoms with E-state index in [1.165, 1.54) is 11.3 Å². The molecule has 1 saturated carbocycles. The first kappa shape index (κ1) is 16.1. The molecule has 0 radical (unpaired) electrons. The van der Waals surface area contributed by atoms with E-state index in [0.29, 0.717) is 28.7 Å². The van der Waals surface area contributed by atoms with E-state index in [4.69, 9.17) is 22.5 Å². The van der Waals surface area contributed by atoms with E-state index in [1.54, 1.807) is 0 Å². The minimum absolute atomic E-state index is 0.0622. The molecule has 1 amide bonds. The van der Waals surface area contributed by atoms with Crippen molar-refractivity contribution in [3.8, 4) is 0 Å². The molecular weight excluding hydrogens is 310 g/mol. The van der Waals surface area contributed by atoms with E-state index >= 15 is 0 Å². The molecule has 1 fully saturated rings. The second kappa shape index (κ2) is 6.23. The normalized spacial score (nSPS) is 26.6. The maximum Gasteiger partial charge on any atom is 0.263 e. The van der Waals surface area contributed by atoms with Gasteiger partial charge in [-0.2, -0.15) is 0 Å². The second-order valence-electron chi connectivity index (χ2n) is 5.77. The van der Waals surface area contributed by atoms with E-state index in [9.17, 15) is 4.79 Å². The highest BCUT2D eigenvalue weighted by atomic mass is 35.5. The third-order valence-corrected chi connectivity index (χ3v) is 5.88. The van der Waals surface area contributed by atoms with E-state index in [2.05, 4.69) is 17.4 Å². The van der Waals surface area contributed by atoms with Gasteiger partial charge in [-0.15, -0.1) is 11.3 Å². The molecule has 0 unspecified atom stereocenters. The number of amidine groups is 1. The molecule has 0 spiro atoms. The zero-order valence-corrected chi connectivity index (χ0v) is 13.7. The number of nitrogens with one attached hydrogen (secondary N) is 1. The van der Waals surface area contributed by atoms with Gasteiger partial charge in [0.05, 0.1) is 5.02 Å². The Balaban J connectivity index is 2.24. The van der Waals surface area contributed by atoms with Gasteiger partial charge in [0, 0.05) is 0 Å². The zero-order valence-electron chi connectivity index (χ0n) is 12.1. The van der Waals surface area contributed by atoms with Crippen molar-refractivity contribution in [1.82, 2.24) is 5.32 Å². The quantitative estimate of drug-likeness (QED) is 0.344. The molecule has 4 N–H and O–H groups in total. The number of aryl methyl sites for hydroxylation is 1. The van der Waals surface area contributed by atoms with Gasteiger partial charge < -0.3 is 16.3 Å². The summed E-state index contributed by atoms with van der Waals surface area (Å²) in [6.07, 6.45) is 3.18. The lowest BCUT2D eigenvalue weighted by Crippen LogP contribution is -2.59. The molecule has 7 heteroatoms. The average Bonchev–Trinajstić information content (AvgIpc) is 2.81. The first-order valence-corrected chi connectivity index (χ1v) is 8.19. The van der Waals surface area contributed by atoms with Gasteiger partial charge in [0.15, 0.2) is 5.84 Å². The topological polar surface area (TPSA) is 87.7 Å². The predicted octanol–water partition coefficient (Wildman–Crippen LogP) is 3.14. The van der Waals surface area contributed by atoms with E-state index in [-0.39, 0.29) is 11.7 Å². The molecule has 21 heavy (non-hydrogen) atoms. The number of nitrogens with two attached hydrogens (primary N) is 1. The van der Waals surface area contributed by atoms with Crippen LogP contribution in [0.1, 0.15) is 47.8 Å². The molecule has 0 saturated heterocycles. The second-order valence-corrected chi connectivity index (χ2v) is 7.02. The molecule has 0 aromatic carbocycles. The van der Waals surface area contributed by atoms with Crippen LogP contribution in [0.15, 0.2) is 10.5 Å². The van der Waals surface area contributed by atoms with Crippen molar-refractivity contribution in [2.75, 3.05) is 0 Å². The van der Waals surface area contributed by atoms with Gasteiger partial charge >= 0.3 is 0 Å². The number of amides is 1. The molecule has 0 bridgehead atoms. The van der Waals surface area contributed by atoms with Gasteiger partial charge in [0.25, 0.3) is 5.91 Å². The van der Waals surface area contributed by atoms with Crippen LogP contribution in [0.3, 0.4) is 0 Å². The molecule has 116 valence electrons. The Morgan fingerprint density at radius 2 is 2.19 bits per heavy atom.